The van der Waals surface area contributed by atoms with E-state index in [0.717, 1.165) is 37.1 Å². The summed E-state index contributed by atoms with van der Waals surface area (Å²) in [4.78, 5) is 26.4. The van der Waals surface area contributed by atoms with Gasteiger partial charge >= 0.3 is 0 Å². The summed E-state index contributed by atoms with van der Waals surface area (Å²) in [6.45, 7) is 1.62. The summed E-state index contributed by atoms with van der Waals surface area (Å²) >= 11 is 3.50. The lowest BCUT2D eigenvalue weighted by atomic mass is 9.91. The zero-order valence-electron chi connectivity index (χ0n) is 14.0. The van der Waals surface area contributed by atoms with Crippen LogP contribution < -0.4 is 5.73 Å². The maximum atomic E-state index is 12.6. The maximum absolute atomic E-state index is 12.6. The molecule has 0 bridgehead atoms. The number of amides is 2. The van der Waals surface area contributed by atoms with Crippen molar-refractivity contribution in [3.63, 3.8) is 0 Å². The Balaban J connectivity index is 1.84. The number of hydrogen-bond acceptors (Lipinski definition) is 2. The predicted octanol–water partition coefficient (Wildman–Crippen LogP) is 3.50. The van der Waals surface area contributed by atoms with Crippen LogP contribution in [0, 0.1) is 0 Å². The minimum Gasteiger partial charge on any atom is -0.369 e. The molecule has 1 unspecified atom stereocenters. The number of nitrogens with two attached hydrogens (primary N) is 1. The molecule has 5 heteroatoms. The van der Waals surface area contributed by atoms with Crippen molar-refractivity contribution in [2.24, 2.45) is 5.73 Å². The van der Waals surface area contributed by atoms with Gasteiger partial charge in [-0.25, -0.2) is 0 Å². The average Bonchev–Trinajstić information content (AvgIpc) is 3.14. The molecule has 130 valence electrons. The molecule has 2 amide bonds. The minimum atomic E-state index is -0.422. The molecule has 4 nitrogen and oxygen atoms in total. The third kappa shape index (κ3) is 4.10. The molecule has 1 saturated heterocycles. The average molecular weight is 401 g/mol. The molecular weight excluding hydrogens is 380 g/mol. The third-order valence-corrected chi connectivity index (χ3v) is 5.30. The molecule has 2 N–H and O–H groups in total. The van der Waals surface area contributed by atoms with Gasteiger partial charge in [0.25, 0.3) is 5.91 Å². The Labute approximate surface area is 156 Å². The Morgan fingerprint density at radius 1 is 1.08 bits per heavy atom. The number of benzene rings is 2. The van der Waals surface area contributed by atoms with Crippen molar-refractivity contribution in [3.05, 3.63) is 69.7 Å². The van der Waals surface area contributed by atoms with Crippen molar-refractivity contribution < 1.29 is 9.59 Å². The molecule has 1 atom stereocenters. The fourth-order valence-corrected chi connectivity index (χ4v) is 3.81. The molecule has 1 aliphatic heterocycles. The fourth-order valence-electron chi connectivity index (χ4n) is 3.24. The molecular formula is C20H21BrN2O2. The summed E-state index contributed by atoms with van der Waals surface area (Å²) in [5.74, 6) is -0.751. The van der Waals surface area contributed by atoms with Gasteiger partial charge in [0.1, 0.15) is 0 Å². The number of likely N-dealkylation sites (tertiary alicyclic amines) is 1. The highest BCUT2D eigenvalue weighted by Gasteiger charge is 2.24. The van der Waals surface area contributed by atoms with Gasteiger partial charge < -0.3 is 10.6 Å². The normalized spacial score (nSPS) is 15.2. The standard InChI is InChI=1S/C20H21BrN2O2/c21-18-13-15(8-9-16(18)20(25)23-10-4-5-11-23)17(19(22)24)12-14-6-2-1-3-7-14/h1-3,6-9,13,17H,4-5,10-12H2,(H2,22,24). The lowest BCUT2D eigenvalue weighted by Crippen LogP contribution is -2.28. The van der Waals surface area contributed by atoms with Gasteiger partial charge in [0.05, 0.1) is 11.5 Å². The van der Waals surface area contributed by atoms with E-state index in [2.05, 4.69) is 15.9 Å². The number of rotatable bonds is 5. The summed E-state index contributed by atoms with van der Waals surface area (Å²) in [5.41, 5.74) is 8.14. The molecule has 1 heterocycles. The first-order valence-electron chi connectivity index (χ1n) is 8.48. The zero-order chi connectivity index (χ0) is 17.8. The Morgan fingerprint density at radius 3 is 2.36 bits per heavy atom. The van der Waals surface area contributed by atoms with Gasteiger partial charge in [0.15, 0.2) is 0 Å². The second-order valence-corrected chi connectivity index (χ2v) is 7.24. The summed E-state index contributed by atoms with van der Waals surface area (Å²) < 4.78 is 0.709. The van der Waals surface area contributed by atoms with Crippen LogP contribution in [-0.4, -0.2) is 29.8 Å². The van der Waals surface area contributed by atoms with E-state index in [1.54, 1.807) is 6.07 Å². The van der Waals surface area contributed by atoms with Gasteiger partial charge in [-0.3, -0.25) is 9.59 Å². The summed E-state index contributed by atoms with van der Waals surface area (Å²) in [7, 11) is 0. The van der Waals surface area contributed by atoms with E-state index in [-0.39, 0.29) is 11.8 Å². The predicted molar refractivity (Wildman–Crippen MR) is 101 cm³/mol. The summed E-state index contributed by atoms with van der Waals surface area (Å²) in [6.07, 6.45) is 2.66. The minimum absolute atomic E-state index is 0.0367. The van der Waals surface area contributed by atoms with Crippen molar-refractivity contribution in [1.29, 1.82) is 0 Å². The smallest absolute Gasteiger partial charge is 0.254 e. The van der Waals surface area contributed by atoms with Crippen LogP contribution in [0.3, 0.4) is 0 Å². The van der Waals surface area contributed by atoms with E-state index in [4.69, 9.17) is 5.73 Å². The third-order valence-electron chi connectivity index (χ3n) is 4.65. The molecule has 0 aromatic heterocycles. The van der Waals surface area contributed by atoms with Crippen molar-refractivity contribution in [3.8, 4) is 0 Å². The van der Waals surface area contributed by atoms with Crippen LogP contribution in [0.1, 0.15) is 40.2 Å². The molecule has 0 radical (unpaired) electrons. The SMILES string of the molecule is NC(=O)C(Cc1ccccc1)c1ccc(C(=O)N2CCCC2)c(Br)c1. The molecule has 1 fully saturated rings. The Morgan fingerprint density at radius 2 is 1.76 bits per heavy atom. The van der Waals surface area contributed by atoms with Crippen LogP contribution in [-0.2, 0) is 11.2 Å². The molecule has 0 aliphatic carbocycles. The van der Waals surface area contributed by atoms with Crippen LogP contribution in [0.2, 0.25) is 0 Å². The van der Waals surface area contributed by atoms with Gasteiger partial charge in [-0.15, -0.1) is 0 Å². The van der Waals surface area contributed by atoms with E-state index < -0.39 is 5.92 Å². The van der Waals surface area contributed by atoms with Crippen LogP contribution in [0.4, 0.5) is 0 Å². The first kappa shape index (κ1) is 17.7. The number of nitrogens with zero attached hydrogens (tertiary/aromatic N) is 1. The Hall–Kier alpha value is -2.14. The van der Waals surface area contributed by atoms with E-state index in [1.807, 2.05) is 47.4 Å². The molecule has 2 aromatic rings. The van der Waals surface area contributed by atoms with E-state index in [1.165, 1.54) is 0 Å². The fraction of sp³-hybridized carbons (Fsp3) is 0.300. The second-order valence-electron chi connectivity index (χ2n) is 6.38. The maximum Gasteiger partial charge on any atom is 0.254 e. The molecule has 2 aromatic carbocycles. The van der Waals surface area contributed by atoms with Crippen LogP contribution in [0.5, 0.6) is 0 Å². The number of hydrogen-bond donors (Lipinski definition) is 1. The van der Waals surface area contributed by atoms with Crippen LogP contribution in [0.15, 0.2) is 53.0 Å². The van der Waals surface area contributed by atoms with Gasteiger partial charge in [-0.1, -0.05) is 36.4 Å². The first-order valence-corrected chi connectivity index (χ1v) is 9.27. The molecule has 0 spiro atoms. The molecule has 25 heavy (non-hydrogen) atoms. The highest BCUT2D eigenvalue weighted by Crippen LogP contribution is 2.27. The number of halogens is 1. The quantitative estimate of drug-likeness (QED) is 0.834. The highest BCUT2D eigenvalue weighted by molar-refractivity contribution is 9.10. The van der Waals surface area contributed by atoms with E-state index in [0.29, 0.717) is 16.5 Å². The lowest BCUT2D eigenvalue weighted by Gasteiger charge is -2.18. The van der Waals surface area contributed by atoms with Crippen molar-refractivity contribution in [1.82, 2.24) is 4.90 Å². The van der Waals surface area contributed by atoms with Gasteiger partial charge in [-0.05, 0) is 58.5 Å². The van der Waals surface area contributed by atoms with Crippen LogP contribution >= 0.6 is 15.9 Å². The largest absolute Gasteiger partial charge is 0.369 e. The molecule has 1 aliphatic rings. The summed E-state index contributed by atoms with van der Waals surface area (Å²) in [5, 5.41) is 0. The molecule has 0 saturated carbocycles. The number of carbonyl (C=O) groups is 2. The van der Waals surface area contributed by atoms with Crippen molar-refractivity contribution >= 4 is 27.7 Å². The van der Waals surface area contributed by atoms with Gasteiger partial charge in [-0.2, -0.15) is 0 Å². The lowest BCUT2D eigenvalue weighted by molar-refractivity contribution is -0.119. The number of primary amides is 1. The number of carbonyl (C=O) groups excluding carboxylic acids is 2. The van der Waals surface area contributed by atoms with Gasteiger partial charge in [0, 0.05) is 17.6 Å². The van der Waals surface area contributed by atoms with Crippen molar-refractivity contribution in [2.45, 2.75) is 25.2 Å². The monoisotopic (exact) mass is 400 g/mol. The zero-order valence-corrected chi connectivity index (χ0v) is 15.5. The van der Waals surface area contributed by atoms with E-state index in [9.17, 15) is 9.59 Å². The second kappa shape index (κ2) is 7.83. The Bertz CT molecular complexity index is 771. The van der Waals surface area contributed by atoms with Crippen LogP contribution in [0.25, 0.3) is 0 Å². The topological polar surface area (TPSA) is 63.4 Å². The highest BCUT2D eigenvalue weighted by atomic mass is 79.9. The molecule has 3 rings (SSSR count). The Kier molecular flexibility index (Phi) is 5.53. The summed E-state index contributed by atoms with van der Waals surface area (Å²) in [6, 6.07) is 15.3. The van der Waals surface area contributed by atoms with E-state index >= 15 is 0 Å². The van der Waals surface area contributed by atoms with Crippen molar-refractivity contribution in [2.75, 3.05) is 13.1 Å². The van der Waals surface area contributed by atoms with Gasteiger partial charge in [0.2, 0.25) is 5.91 Å². The first-order chi connectivity index (χ1) is 12.1.